The number of carbonyl (C=O) groups is 2. The average Bonchev–Trinajstić information content (AvgIpc) is 2.93. The van der Waals surface area contributed by atoms with E-state index in [4.69, 9.17) is 0 Å². The zero-order valence-electron chi connectivity index (χ0n) is 23.1. The lowest BCUT2D eigenvalue weighted by molar-refractivity contribution is -0.141. The number of hydrogen-bond acceptors (Lipinski definition) is 4. The van der Waals surface area contributed by atoms with E-state index in [-0.39, 0.29) is 24.0 Å². The number of nitrogens with zero attached hydrogens (tertiary/aromatic N) is 2. The van der Waals surface area contributed by atoms with Crippen LogP contribution in [0, 0.1) is 5.92 Å². The van der Waals surface area contributed by atoms with Gasteiger partial charge < -0.3 is 5.11 Å². The van der Waals surface area contributed by atoms with Gasteiger partial charge in [0.2, 0.25) is 0 Å². The summed E-state index contributed by atoms with van der Waals surface area (Å²) in [6.45, 7) is 8.52. The Bertz CT molecular complexity index is 1400. The second-order valence-corrected chi connectivity index (χ2v) is 11.1. The highest BCUT2D eigenvalue weighted by atomic mass is 16.4. The highest BCUT2D eigenvalue weighted by molar-refractivity contribution is 5.98. The smallest absolute Gasteiger partial charge is 0.307 e. The molecule has 0 radical (unpaired) electrons. The van der Waals surface area contributed by atoms with E-state index in [0.29, 0.717) is 11.4 Å². The highest BCUT2D eigenvalue weighted by Gasteiger charge is 2.23. The summed E-state index contributed by atoms with van der Waals surface area (Å²) in [5, 5.41) is 9.80. The third-order valence-electron chi connectivity index (χ3n) is 7.03. The fraction of sp³-hybridized carbons (Fsp3) is 0.294. The van der Waals surface area contributed by atoms with Gasteiger partial charge in [0.25, 0.3) is 0 Å². The number of aliphatic carboxylic acids is 1. The first-order valence-corrected chi connectivity index (χ1v) is 13.5. The Morgan fingerprint density at radius 3 is 1.87 bits per heavy atom. The number of carboxylic acids is 1. The fourth-order valence-corrected chi connectivity index (χ4v) is 4.60. The first kappa shape index (κ1) is 27.9. The predicted octanol–water partition coefficient (Wildman–Crippen LogP) is 7.58. The van der Waals surface area contributed by atoms with Gasteiger partial charge in [0.05, 0.1) is 5.92 Å². The third kappa shape index (κ3) is 7.26. The zero-order valence-corrected chi connectivity index (χ0v) is 23.1. The molecule has 200 valence electrons. The minimum atomic E-state index is -0.972. The van der Waals surface area contributed by atoms with E-state index in [1.165, 1.54) is 5.56 Å². The van der Waals surface area contributed by atoms with Crippen molar-refractivity contribution in [2.75, 3.05) is 0 Å². The van der Waals surface area contributed by atoms with E-state index in [1.54, 1.807) is 12.1 Å². The largest absolute Gasteiger partial charge is 0.481 e. The van der Waals surface area contributed by atoms with Gasteiger partial charge in [-0.1, -0.05) is 107 Å². The van der Waals surface area contributed by atoms with Crippen LogP contribution in [0.15, 0.2) is 85.2 Å². The lowest BCUT2D eigenvalue weighted by Crippen LogP contribution is -2.20. The summed E-state index contributed by atoms with van der Waals surface area (Å²) in [4.78, 5) is 33.9. The molecule has 0 amide bonds. The topological polar surface area (TPSA) is 80.2 Å². The number of aromatic nitrogens is 2. The molecule has 5 nitrogen and oxygen atoms in total. The molecule has 0 saturated carbocycles. The Labute approximate surface area is 231 Å². The number of hydrogen-bond donors (Lipinski definition) is 1. The Kier molecular flexibility index (Phi) is 8.70. The van der Waals surface area contributed by atoms with Crippen molar-refractivity contribution in [2.45, 2.75) is 58.8 Å². The summed E-state index contributed by atoms with van der Waals surface area (Å²) in [7, 11) is 0. The highest BCUT2D eigenvalue weighted by Crippen LogP contribution is 2.25. The summed E-state index contributed by atoms with van der Waals surface area (Å²) in [5.74, 6) is -1.32. The van der Waals surface area contributed by atoms with Gasteiger partial charge in [-0.3, -0.25) is 9.59 Å². The van der Waals surface area contributed by atoms with Gasteiger partial charge >= 0.3 is 5.97 Å². The molecule has 0 aliphatic heterocycles. The van der Waals surface area contributed by atoms with Crippen LogP contribution >= 0.6 is 0 Å². The summed E-state index contributed by atoms with van der Waals surface area (Å²) < 4.78 is 0. The molecule has 0 fully saturated rings. The molecule has 1 aromatic heterocycles. The molecule has 39 heavy (non-hydrogen) atoms. The van der Waals surface area contributed by atoms with Crippen LogP contribution in [0.4, 0.5) is 0 Å². The van der Waals surface area contributed by atoms with E-state index >= 15 is 0 Å². The molecule has 4 rings (SSSR count). The third-order valence-corrected chi connectivity index (χ3v) is 7.03. The predicted molar refractivity (Wildman–Crippen MR) is 156 cm³/mol. The average molecular weight is 521 g/mol. The fourth-order valence-electron chi connectivity index (χ4n) is 4.60. The molecule has 0 aliphatic carbocycles. The van der Waals surface area contributed by atoms with E-state index in [9.17, 15) is 14.7 Å². The van der Waals surface area contributed by atoms with Gasteiger partial charge in [0, 0.05) is 35.5 Å². The molecule has 0 unspecified atom stereocenters. The second-order valence-electron chi connectivity index (χ2n) is 11.1. The molecule has 1 N–H and O–H groups in total. The summed E-state index contributed by atoms with van der Waals surface area (Å²) in [5.41, 5.74) is 6.73. The lowest BCUT2D eigenvalue weighted by atomic mass is 9.86. The maximum absolute atomic E-state index is 12.8. The first-order chi connectivity index (χ1) is 18.6. The quantitative estimate of drug-likeness (QED) is 0.218. The molecular formula is C34H36N2O3. The van der Waals surface area contributed by atoms with Crippen LogP contribution in [0.25, 0.3) is 22.5 Å². The summed E-state index contributed by atoms with van der Waals surface area (Å²) in [6.07, 6.45) is 6.07. The summed E-state index contributed by atoms with van der Waals surface area (Å²) in [6, 6.07) is 23.5. The van der Waals surface area contributed by atoms with Crippen molar-refractivity contribution in [1.82, 2.24) is 9.97 Å². The monoisotopic (exact) mass is 520 g/mol. The summed E-state index contributed by atoms with van der Waals surface area (Å²) >= 11 is 0. The van der Waals surface area contributed by atoms with E-state index in [0.717, 1.165) is 40.7 Å². The van der Waals surface area contributed by atoms with Crippen LogP contribution < -0.4 is 0 Å². The first-order valence-electron chi connectivity index (χ1n) is 13.5. The molecular weight excluding hydrogens is 484 g/mol. The maximum atomic E-state index is 12.8. The van der Waals surface area contributed by atoms with Gasteiger partial charge in [-0.05, 0) is 40.5 Å². The van der Waals surface area contributed by atoms with E-state index in [1.807, 2.05) is 48.8 Å². The van der Waals surface area contributed by atoms with Crippen molar-refractivity contribution in [3.63, 3.8) is 0 Å². The molecule has 4 aromatic rings. The Hall–Kier alpha value is -4.12. The Balaban J connectivity index is 1.40. The Morgan fingerprint density at radius 2 is 1.33 bits per heavy atom. The van der Waals surface area contributed by atoms with Crippen molar-refractivity contribution in [3.05, 3.63) is 107 Å². The van der Waals surface area contributed by atoms with Gasteiger partial charge in [-0.2, -0.15) is 0 Å². The number of Topliss-reactive ketones (excluding diaryl/α,β-unsaturated/α-hetero) is 1. The minimum absolute atomic E-state index is 0.00916. The molecule has 0 spiro atoms. The number of rotatable bonds is 10. The van der Waals surface area contributed by atoms with Gasteiger partial charge in [0.15, 0.2) is 11.6 Å². The number of ketones is 1. The van der Waals surface area contributed by atoms with Crippen LogP contribution in [-0.2, 0) is 23.1 Å². The standard InChI is InChI=1S/C34H36N2O3/c1-5-6-23-7-11-25(12-8-23)29-21-35-32(36-22-29)27-13-9-24(10-14-27)19-28(33(38)39)20-31(37)26-15-17-30(18-16-26)34(2,3)4/h7-18,21-22,28H,5-6,19-20H2,1-4H3,(H,38,39)/t28-/m1/s1. The van der Waals surface area contributed by atoms with Crippen LogP contribution in [0.3, 0.4) is 0 Å². The number of carboxylic acid groups (broad SMARTS) is 1. The number of aryl methyl sites for hydroxylation is 1. The molecule has 0 aliphatic rings. The molecule has 1 heterocycles. The number of carbonyl (C=O) groups excluding carboxylic acids is 1. The lowest BCUT2D eigenvalue weighted by Gasteiger charge is -2.19. The van der Waals surface area contributed by atoms with Gasteiger partial charge in [-0.25, -0.2) is 9.97 Å². The normalized spacial score (nSPS) is 12.2. The van der Waals surface area contributed by atoms with E-state index in [2.05, 4.69) is 61.9 Å². The van der Waals surface area contributed by atoms with Crippen molar-refractivity contribution in [2.24, 2.45) is 5.92 Å². The van der Waals surface area contributed by atoms with Crippen LogP contribution in [0.5, 0.6) is 0 Å². The Morgan fingerprint density at radius 1 is 0.769 bits per heavy atom. The second kappa shape index (κ2) is 12.2. The molecule has 1 atom stereocenters. The van der Waals surface area contributed by atoms with Crippen molar-refractivity contribution < 1.29 is 14.7 Å². The molecule has 3 aromatic carbocycles. The van der Waals surface area contributed by atoms with Crippen molar-refractivity contribution in [1.29, 1.82) is 0 Å². The van der Waals surface area contributed by atoms with Crippen LogP contribution in [0.2, 0.25) is 0 Å². The SMILES string of the molecule is CCCc1ccc(-c2cnc(-c3ccc(C[C@H](CC(=O)c4ccc(C(C)(C)C)cc4)C(=O)O)cc3)nc2)cc1. The van der Waals surface area contributed by atoms with Gasteiger partial charge in [-0.15, -0.1) is 0 Å². The maximum Gasteiger partial charge on any atom is 0.307 e. The molecule has 5 heteroatoms. The minimum Gasteiger partial charge on any atom is -0.481 e. The van der Waals surface area contributed by atoms with Crippen LogP contribution in [-0.4, -0.2) is 26.8 Å². The van der Waals surface area contributed by atoms with Crippen LogP contribution in [0.1, 0.15) is 67.6 Å². The number of benzene rings is 3. The molecule has 0 bridgehead atoms. The zero-order chi connectivity index (χ0) is 28.0. The molecule has 0 saturated heterocycles. The van der Waals surface area contributed by atoms with Crippen molar-refractivity contribution >= 4 is 11.8 Å². The van der Waals surface area contributed by atoms with E-state index < -0.39 is 11.9 Å². The van der Waals surface area contributed by atoms with Crippen molar-refractivity contribution in [3.8, 4) is 22.5 Å². The van der Waals surface area contributed by atoms with Gasteiger partial charge in [0.1, 0.15) is 0 Å².